The summed E-state index contributed by atoms with van der Waals surface area (Å²) >= 11 is 0. The van der Waals surface area contributed by atoms with Crippen LogP contribution in [0.5, 0.6) is 0 Å². The van der Waals surface area contributed by atoms with Crippen LogP contribution in [-0.2, 0) is 4.79 Å². The lowest BCUT2D eigenvalue weighted by molar-refractivity contribution is -0.152. The van der Waals surface area contributed by atoms with Crippen LogP contribution in [0.4, 0.5) is 0 Å². The van der Waals surface area contributed by atoms with Crippen molar-refractivity contribution in [3.63, 3.8) is 0 Å². The highest BCUT2D eigenvalue weighted by Gasteiger charge is 2.60. The van der Waals surface area contributed by atoms with Gasteiger partial charge in [-0.2, -0.15) is 0 Å². The molecular formula is C20H32O2. The van der Waals surface area contributed by atoms with E-state index in [1.165, 1.54) is 51.4 Å². The lowest BCUT2D eigenvalue weighted by Gasteiger charge is -2.60. The van der Waals surface area contributed by atoms with Crippen molar-refractivity contribution in [2.75, 3.05) is 0 Å². The third-order valence-corrected chi connectivity index (χ3v) is 8.88. The summed E-state index contributed by atoms with van der Waals surface area (Å²) in [6, 6.07) is 0. The fraction of sp³-hybridized carbons (Fsp3) is 0.950. The fourth-order valence-electron chi connectivity index (χ4n) is 7.70. The second-order valence-electron chi connectivity index (χ2n) is 9.42. The van der Waals surface area contributed by atoms with Crippen molar-refractivity contribution < 1.29 is 9.90 Å². The minimum Gasteiger partial charge on any atom is -0.481 e. The van der Waals surface area contributed by atoms with Gasteiger partial charge in [0.15, 0.2) is 0 Å². The van der Waals surface area contributed by atoms with E-state index in [1.54, 1.807) is 0 Å². The van der Waals surface area contributed by atoms with E-state index in [-0.39, 0.29) is 11.3 Å². The van der Waals surface area contributed by atoms with Crippen LogP contribution in [0.15, 0.2) is 0 Å². The Morgan fingerprint density at radius 1 is 0.864 bits per heavy atom. The maximum atomic E-state index is 11.7. The van der Waals surface area contributed by atoms with Crippen molar-refractivity contribution in [2.45, 2.75) is 78.1 Å². The molecule has 1 N–H and O–H groups in total. The molecule has 4 aliphatic carbocycles. The molecular weight excluding hydrogens is 272 g/mol. The zero-order chi connectivity index (χ0) is 15.5. The van der Waals surface area contributed by atoms with E-state index in [9.17, 15) is 9.90 Å². The lowest BCUT2D eigenvalue weighted by atomic mass is 9.45. The topological polar surface area (TPSA) is 37.3 Å². The number of carbonyl (C=O) groups is 1. The number of fused-ring (bicyclic) bond motifs is 5. The Labute approximate surface area is 135 Å². The first-order valence-electron chi connectivity index (χ1n) is 9.69. The van der Waals surface area contributed by atoms with E-state index >= 15 is 0 Å². The van der Waals surface area contributed by atoms with Crippen LogP contribution in [0.3, 0.4) is 0 Å². The monoisotopic (exact) mass is 304 g/mol. The smallest absolute Gasteiger partial charge is 0.307 e. The highest BCUT2D eigenvalue weighted by Crippen LogP contribution is 2.67. The van der Waals surface area contributed by atoms with Crippen LogP contribution in [-0.4, -0.2) is 11.1 Å². The average Bonchev–Trinajstić information content (AvgIpc) is 2.84. The van der Waals surface area contributed by atoms with Crippen LogP contribution >= 0.6 is 0 Å². The molecule has 0 aromatic rings. The predicted octanol–water partition coefficient (Wildman–Crippen LogP) is 5.12. The fourth-order valence-corrected chi connectivity index (χ4v) is 7.70. The minimum absolute atomic E-state index is 0.0738. The largest absolute Gasteiger partial charge is 0.481 e. The van der Waals surface area contributed by atoms with E-state index in [0.29, 0.717) is 11.3 Å². The molecule has 4 saturated carbocycles. The summed E-state index contributed by atoms with van der Waals surface area (Å²) in [5.41, 5.74) is 0.661. The van der Waals surface area contributed by atoms with E-state index in [4.69, 9.17) is 0 Å². The molecule has 7 atom stereocenters. The molecule has 2 nitrogen and oxygen atoms in total. The first-order valence-corrected chi connectivity index (χ1v) is 9.69. The molecule has 0 bridgehead atoms. The molecule has 0 aromatic heterocycles. The summed E-state index contributed by atoms with van der Waals surface area (Å²) in [6.07, 6.45) is 13.1. The molecule has 4 rings (SSSR count). The first kappa shape index (κ1) is 15.0. The van der Waals surface area contributed by atoms with Gasteiger partial charge in [-0.25, -0.2) is 0 Å². The molecule has 0 spiro atoms. The van der Waals surface area contributed by atoms with Gasteiger partial charge in [-0.15, -0.1) is 0 Å². The molecule has 4 fully saturated rings. The normalized spacial score (nSPS) is 54.2. The highest BCUT2D eigenvalue weighted by molar-refractivity contribution is 5.71. The SMILES string of the molecule is C[C@]12CCCC[C@@H]1CC[C@@H]1[C@@H]2CC[C@]2(C)C(C(=O)O)CC[C@@H]12. The lowest BCUT2D eigenvalue weighted by Crippen LogP contribution is -2.53. The van der Waals surface area contributed by atoms with Crippen molar-refractivity contribution in [3.8, 4) is 0 Å². The number of carboxylic acids is 1. The van der Waals surface area contributed by atoms with Crippen LogP contribution in [0.1, 0.15) is 78.1 Å². The third-order valence-electron chi connectivity index (χ3n) is 8.88. The van der Waals surface area contributed by atoms with Crippen molar-refractivity contribution >= 4 is 5.97 Å². The molecule has 124 valence electrons. The van der Waals surface area contributed by atoms with Gasteiger partial charge in [-0.05, 0) is 85.9 Å². The second kappa shape index (κ2) is 4.98. The van der Waals surface area contributed by atoms with Crippen molar-refractivity contribution in [3.05, 3.63) is 0 Å². The van der Waals surface area contributed by atoms with E-state index in [2.05, 4.69) is 13.8 Å². The van der Waals surface area contributed by atoms with E-state index in [1.807, 2.05) is 0 Å². The highest BCUT2D eigenvalue weighted by atomic mass is 16.4. The molecule has 0 saturated heterocycles. The zero-order valence-corrected chi connectivity index (χ0v) is 14.3. The maximum absolute atomic E-state index is 11.7. The molecule has 2 heteroatoms. The molecule has 0 amide bonds. The van der Waals surface area contributed by atoms with Gasteiger partial charge in [-0.3, -0.25) is 4.79 Å². The molecule has 0 radical (unpaired) electrons. The molecule has 0 aromatic carbocycles. The third kappa shape index (κ3) is 1.88. The van der Waals surface area contributed by atoms with Gasteiger partial charge in [0.2, 0.25) is 0 Å². The van der Waals surface area contributed by atoms with Crippen LogP contribution in [0.2, 0.25) is 0 Å². The maximum Gasteiger partial charge on any atom is 0.307 e. The number of carboxylic acid groups (broad SMARTS) is 1. The van der Waals surface area contributed by atoms with Gasteiger partial charge in [0, 0.05) is 0 Å². The number of aliphatic carboxylic acids is 1. The van der Waals surface area contributed by atoms with Crippen molar-refractivity contribution in [1.29, 1.82) is 0 Å². The van der Waals surface area contributed by atoms with Crippen molar-refractivity contribution in [2.24, 2.45) is 40.4 Å². The van der Waals surface area contributed by atoms with E-state index in [0.717, 1.165) is 30.6 Å². The summed E-state index contributed by atoms with van der Waals surface area (Å²) in [5.74, 6) is 2.76. The van der Waals surface area contributed by atoms with E-state index < -0.39 is 5.97 Å². The van der Waals surface area contributed by atoms with Crippen LogP contribution in [0.25, 0.3) is 0 Å². The predicted molar refractivity (Wildman–Crippen MR) is 87.5 cm³/mol. The summed E-state index contributed by atoms with van der Waals surface area (Å²) in [7, 11) is 0. The number of rotatable bonds is 1. The summed E-state index contributed by atoms with van der Waals surface area (Å²) in [4.78, 5) is 11.7. The Morgan fingerprint density at radius 3 is 2.41 bits per heavy atom. The molecule has 1 unspecified atom stereocenters. The van der Waals surface area contributed by atoms with Crippen LogP contribution < -0.4 is 0 Å². The van der Waals surface area contributed by atoms with Crippen LogP contribution in [0, 0.1) is 40.4 Å². The van der Waals surface area contributed by atoms with Gasteiger partial charge in [0.25, 0.3) is 0 Å². The number of hydrogen-bond acceptors (Lipinski definition) is 1. The quantitative estimate of drug-likeness (QED) is 0.730. The van der Waals surface area contributed by atoms with Gasteiger partial charge >= 0.3 is 5.97 Å². The summed E-state index contributed by atoms with van der Waals surface area (Å²) < 4.78 is 0. The van der Waals surface area contributed by atoms with Gasteiger partial charge < -0.3 is 5.11 Å². The Kier molecular flexibility index (Phi) is 3.40. The molecule has 4 aliphatic rings. The molecule has 0 aliphatic heterocycles. The van der Waals surface area contributed by atoms with Gasteiger partial charge in [0.05, 0.1) is 5.92 Å². The Hall–Kier alpha value is -0.530. The van der Waals surface area contributed by atoms with Crippen molar-refractivity contribution in [1.82, 2.24) is 0 Å². The second-order valence-corrected chi connectivity index (χ2v) is 9.42. The first-order chi connectivity index (χ1) is 10.5. The molecule has 0 heterocycles. The average molecular weight is 304 g/mol. The standard InChI is InChI=1S/C20H32O2/c1-19-11-4-3-5-13(19)6-7-14-15-8-9-17(18(21)22)20(15,2)12-10-16(14)19/h13-17H,3-12H2,1-2H3,(H,21,22)/t13-,14+,15+,16+,17?,19+,20+/m1/s1. The summed E-state index contributed by atoms with van der Waals surface area (Å²) in [6.45, 7) is 4.91. The molecule has 22 heavy (non-hydrogen) atoms. The minimum atomic E-state index is -0.527. The Balaban J connectivity index is 1.63. The summed E-state index contributed by atoms with van der Waals surface area (Å²) in [5, 5.41) is 9.65. The Morgan fingerprint density at radius 2 is 1.64 bits per heavy atom. The van der Waals surface area contributed by atoms with Gasteiger partial charge in [0.1, 0.15) is 0 Å². The van der Waals surface area contributed by atoms with Gasteiger partial charge in [-0.1, -0.05) is 26.7 Å². The number of hydrogen-bond donors (Lipinski definition) is 1. The zero-order valence-electron chi connectivity index (χ0n) is 14.3. The Bertz CT molecular complexity index is 472.